The van der Waals surface area contributed by atoms with Crippen LogP contribution < -0.4 is 5.32 Å². The topological polar surface area (TPSA) is 88.5 Å². The summed E-state index contributed by atoms with van der Waals surface area (Å²) in [5.41, 5.74) is 0.716. The summed E-state index contributed by atoms with van der Waals surface area (Å²) in [5.74, 6) is -0.821. The van der Waals surface area contributed by atoms with Gasteiger partial charge in [0.15, 0.2) is 5.13 Å². The Hall–Kier alpha value is -1.63. The number of aliphatic carboxylic acids is 1. The third-order valence-corrected chi connectivity index (χ3v) is 3.46. The van der Waals surface area contributed by atoms with E-state index in [0.717, 1.165) is 0 Å². The van der Waals surface area contributed by atoms with Crippen molar-refractivity contribution in [2.75, 3.05) is 12.4 Å². The number of nitrogens with one attached hydrogen (secondary N) is 1. The van der Waals surface area contributed by atoms with E-state index >= 15 is 0 Å². The number of carboxylic acid groups (broad SMARTS) is 1. The molecule has 0 radical (unpaired) electrons. The fourth-order valence-corrected chi connectivity index (χ4v) is 2.50. The predicted octanol–water partition coefficient (Wildman–Crippen LogP) is 2.16. The zero-order chi connectivity index (χ0) is 15.1. The van der Waals surface area contributed by atoms with E-state index in [1.54, 1.807) is 5.38 Å². The first kappa shape index (κ1) is 16.4. The lowest BCUT2D eigenvalue weighted by atomic mass is 10.0. The van der Waals surface area contributed by atoms with Crippen molar-refractivity contribution in [3.63, 3.8) is 0 Å². The number of carbonyl (C=O) groups excluding carboxylic acids is 1. The number of thiazole rings is 1. The van der Waals surface area contributed by atoms with Gasteiger partial charge >= 0.3 is 11.9 Å². The minimum atomic E-state index is -0.847. The van der Waals surface area contributed by atoms with Gasteiger partial charge in [-0.1, -0.05) is 13.8 Å². The summed E-state index contributed by atoms with van der Waals surface area (Å²) in [6.07, 6.45) is 1.09. The van der Waals surface area contributed by atoms with E-state index in [2.05, 4.69) is 10.3 Å². The number of hydrogen-bond acceptors (Lipinski definition) is 6. The first-order valence-electron chi connectivity index (χ1n) is 6.43. The number of anilines is 1. The highest BCUT2D eigenvalue weighted by Crippen LogP contribution is 2.20. The van der Waals surface area contributed by atoms with Gasteiger partial charge in [-0.2, -0.15) is 0 Å². The van der Waals surface area contributed by atoms with E-state index in [-0.39, 0.29) is 12.4 Å². The molecule has 0 fully saturated rings. The highest BCUT2D eigenvalue weighted by atomic mass is 32.1. The minimum absolute atomic E-state index is 0.0512. The first-order valence-corrected chi connectivity index (χ1v) is 7.31. The summed E-state index contributed by atoms with van der Waals surface area (Å²) in [7, 11) is 1.36. The number of carboxylic acids is 1. The second kappa shape index (κ2) is 7.84. The molecule has 0 aromatic carbocycles. The minimum Gasteiger partial charge on any atom is -0.481 e. The molecule has 2 N–H and O–H groups in total. The highest BCUT2D eigenvalue weighted by Gasteiger charge is 2.21. The maximum absolute atomic E-state index is 11.7. The Morgan fingerprint density at radius 2 is 2.20 bits per heavy atom. The lowest BCUT2D eigenvalue weighted by Gasteiger charge is -2.17. The summed E-state index contributed by atoms with van der Waals surface area (Å²) in [6.45, 7) is 4.05. The van der Waals surface area contributed by atoms with Crippen LogP contribution >= 0.6 is 11.3 Å². The number of esters is 1. The van der Waals surface area contributed by atoms with Crippen LogP contribution in [0.2, 0.25) is 0 Å². The van der Waals surface area contributed by atoms with Gasteiger partial charge < -0.3 is 15.2 Å². The Bertz CT molecular complexity index is 459. The van der Waals surface area contributed by atoms with Crippen LogP contribution in [0.15, 0.2) is 5.38 Å². The number of rotatable bonds is 8. The van der Waals surface area contributed by atoms with Crippen LogP contribution in [0, 0.1) is 5.92 Å². The van der Waals surface area contributed by atoms with Crippen molar-refractivity contribution in [3.05, 3.63) is 11.1 Å². The van der Waals surface area contributed by atoms with Gasteiger partial charge in [-0.25, -0.2) is 9.78 Å². The summed E-state index contributed by atoms with van der Waals surface area (Å²) >= 11 is 1.36. The van der Waals surface area contributed by atoms with E-state index < -0.39 is 12.0 Å². The molecular weight excluding hydrogens is 280 g/mol. The Balaban J connectivity index is 2.64. The first-order chi connectivity index (χ1) is 9.42. The predicted molar refractivity (Wildman–Crippen MR) is 77.0 cm³/mol. The molecule has 0 saturated carbocycles. The number of hydrogen-bond donors (Lipinski definition) is 2. The average Bonchev–Trinajstić information content (AvgIpc) is 2.81. The molecule has 1 aromatic heterocycles. The molecule has 0 aliphatic heterocycles. The Morgan fingerprint density at radius 1 is 1.50 bits per heavy atom. The fraction of sp³-hybridized carbons (Fsp3) is 0.615. The largest absolute Gasteiger partial charge is 0.481 e. The second-order valence-electron chi connectivity index (χ2n) is 4.89. The summed E-state index contributed by atoms with van der Waals surface area (Å²) < 4.78 is 4.77. The molecule has 0 spiro atoms. The van der Waals surface area contributed by atoms with Gasteiger partial charge in [-0.3, -0.25) is 4.79 Å². The number of aromatic nitrogens is 1. The van der Waals surface area contributed by atoms with E-state index in [4.69, 9.17) is 9.84 Å². The molecule has 0 amide bonds. The van der Waals surface area contributed by atoms with Crippen LogP contribution in [0.5, 0.6) is 0 Å². The molecule has 1 aromatic rings. The molecule has 1 atom stereocenters. The molecule has 0 bridgehead atoms. The average molecular weight is 300 g/mol. The molecule has 20 heavy (non-hydrogen) atoms. The van der Waals surface area contributed by atoms with Gasteiger partial charge in [0.25, 0.3) is 0 Å². The molecular formula is C13H20N2O4S. The molecule has 0 aliphatic carbocycles. The van der Waals surface area contributed by atoms with Gasteiger partial charge in [-0.15, -0.1) is 11.3 Å². The maximum Gasteiger partial charge on any atom is 0.328 e. The number of nitrogens with zero attached hydrogens (tertiary/aromatic N) is 1. The summed E-state index contributed by atoms with van der Waals surface area (Å²) in [4.78, 5) is 26.5. The molecule has 6 nitrogen and oxygen atoms in total. The Kier molecular flexibility index (Phi) is 6.44. The highest BCUT2D eigenvalue weighted by molar-refractivity contribution is 7.13. The lowest BCUT2D eigenvalue weighted by Crippen LogP contribution is -2.32. The SMILES string of the molecule is COC(=O)C(CC(C)C)Nc1nc(CCC(=O)O)cs1. The van der Waals surface area contributed by atoms with Gasteiger partial charge in [-0.05, 0) is 12.3 Å². The molecule has 1 rings (SSSR count). The van der Waals surface area contributed by atoms with Crippen LogP contribution in [0.4, 0.5) is 5.13 Å². The van der Waals surface area contributed by atoms with Crippen molar-refractivity contribution in [1.29, 1.82) is 0 Å². The van der Waals surface area contributed by atoms with Gasteiger partial charge in [0.2, 0.25) is 0 Å². The van der Waals surface area contributed by atoms with E-state index in [9.17, 15) is 9.59 Å². The summed E-state index contributed by atoms with van der Waals surface area (Å²) in [6, 6.07) is -0.432. The van der Waals surface area contributed by atoms with Crippen molar-refractivity contribution in [3.8, 4) is 0 Å². The van der Waals surface area contributed by atoms with Crippen LogP contribution in [-0.4, -0.2) is 35.2 Å². The Morgan fingerprint density at radius 3 is 2.75 bits per heavy atom. The quantitative estimate of drug-likeness (QED) is 0.715. The number of ether oxygens (including phenoxy) is 1. The Labute approximate surface area is 122 Å². The van der Waals surface area contributed by atoms with Crippen molar-refractivity contribution in [2.45, 2.75) is 39.2 Å². The number of methoxy groups -OCH3 is 1. The van der Waals surface area contributed by atoms with Crippen molar-refractivity contribution in [1.82, 2.24) is 4.98 Å². The van der Waals surface area contributed by atoms with Crippen LogP contribution in [-0.2, 0) is 20.7 Å². The standard InChI is InChI=1S/C13H20N2O4S/c1-8(2)6-10(12(18)19-3)15-13-14-9(7-20-13)4-5-11(16)17/h7-8,10H,4-6H2,1-3H3,(H,14,15)(H,16,17). The lowest BCUT2D eigenvalue weighted by molar-refractivity contribution is -0.142. The normalized spacial score (nSPS) is 12.2. The molecule has 0 aliphatic rings. The van der Waals surface area contributed by atoms with Crippen LogP contribution in [0.1, 0.15) is 32.4 Å². The fourth-order valence-electron chi connectivity index (χ4n) is 1.70. The molecule has 112 valence electrons. The second-order valence-corrected chi connectivity index (χ2v) is 5.75. The third kappa shape index (κ3) is 5.56. The molecule has 1 heterocycles. The van der Waals surface area contributed by atoms with Gasteiger partial charge in [0.05, 0.1) is 19.2 Å². The zero-order valence-corrected chi connectivity index (χ0v) is 12.7. The number of carbonyl (C=O) groups is 2. The zero-order valence-electron chi connectivity index (χ0n) is 11.9. The molecule has 0 saturated heterocycles. The monoisotopic (exact) mass is 300 g/mol. The van der Waals surface area contributed by atoms with E-state index in [1.165, 1.54) is 18.4 Å². The summed E-state index contributed by atoms with van der Waals surface area (Å²) in [5, 5.41) is 14.1. The van der Waals surface area contributed by atoms with Crippen LogP contribution in [0.3, 0.4) is 0 Å². The molecule has 1 unspecified atom stereocenters. The van der Waals surface area contributed by atoms with E-state index in [0.29, 0.717) is 29.6 Å². The van der Waals surface area contributed by atoms with E-state index in [1.807, 2.05) is 13.8 Å². The third-order valence-electron chi connectivity index (χ3n) is 2.64. The molecule has 7 heteroatoms. The van der Waals surface area contributed by atoms with Crippen LogP contribution in [0.25, 0.3) is 0 Å². The van der Waals surface area contributed by atoms with Crippen molar-refractivity contribution < 1.29 is 19.4 Å². The smallest absolute Gasteiger partial charge is 0.328 e. The maximum atomic E-state index is 11.7. The van der Waals surface area contributed by atoms with Gasteiger partial charge in [0.1, 0.15) is 6.04 Å². The van der Waals surface area contributed by atoms with Crippen molar-refractivity contribution in [2.24, 2.45) is 5.92 Å². The number of aryl methyl sites for hydroxylation is 1. The van der Waals surface area contributed by atoms with Crippen molar-refractivity contribution >= 4 is 28.4 Å². The van der Waals surface area contributed by atoms with Gasteiger partial charge in [0, 0.05) is 11.8 Å².